The van der Waals surface area contributed by atoms with E-state index in [1.54, 1.807) is 7.11 Å². The summed E-state index contributed by atoms with van der Waals surface area (Å²) < 4.78 is 10.7. The predicted octanol–water partition coefficient (Wildman–Crippen LogP) is 2.02. The van der Waals surface area contributed by atoms with Gasteiger partial charge in [-0.2, -0.15) is 0 Å². The van der Waals surface area contributed by atoms with E-state index in [1.165, 1.54) is 5.56 Å². The molecule has 2 saturated heterocycles. The van der Waals surface area contributed by atoms with Gasteiger partial charge in [-0.15, -0.1) is 0 Å². The number of methoxy groups -OCH3 is 1. The van der Waals surface area contributed by atoms with Crippen molar-refractivity contribution in [1.29, 1.82) is 0 Å². The second kappa shape index (κ2) is 5.83. The average Bonchev–Trinajstić information content (AvgIpc) is 2.75. The molecule has 0 N–H and O–H groups in total. The minimum Gasteiger partial charge on any atom is -0.497 e. The van der Waals surface area contributed by atoms with Crippen molar-refractivity contribution in [3.05, 3.63) is 29.8 Å². The van der Waals surface area contributed by atoms with Gasteiger partial charge >= 0.3 is 0 Å². The zero-order chi connectivity index (χ0) is 13.9. The van der Waals surface area contributed by atoms with Crippen molar-refractivity contribution in [2.75, 3.05) is 20.3 Å². The van der Waals surface area contributed by atoms with Crippen LogP contribution in [0.15, 0.2) is 24.3 Å². The van der Waals surface area contributed by atoms with Crippen LogP contribution in [-0.2, 0) is 16.0 Å². The lowest BCUT2D eigenvalue weighted by molar-refractivity contribution is -0.140. The lowest BCUT2D eigenvalue weighted by Crippen LogP contribution is -2.49. The summed E-state index contributed by atoms with van der Waals surface area (Å²) in [4.78, 5) is 14.5. The van der Waals surface area contributed by atoms with E-state index >= 15 is 0 Å². The Hall–Kier alpha value is -1.55. The zero-order valence-corrected chi connectivity index (χ0v) is 11.9. The van der Waals surface area contributed by atoms with E-state index in [9.17, 15) is 4.79 Å². The van der Waals surface area contributed by atoms with Crippen LogP contribution in [-0.4, -0.2) is 43.2 Å². The summed E-state index contributed by atoms with van der Waals surface area (Å²) in [6.07, 6.45) is 3.57. The molecule has 4 heteroatoms. The number of amides is 1. The van der Waals surface area contributed by atoms with Gasteiger partial charge in [0.25, 0.3) is 0 Å². The van der Waals surface area contributed by atoms with Crippen molar-refractivity contribution in [3.8, 4) is 5.75 Å². The van der Waals surface area contributed by atoms with Gasteiger partial charge in [-0.05, 0) is 37.0 Å². The molecule has 2 atom stereocenters. The first-order chi connectivity index (χ1) is 9.78. The fraction of sp³-hybridized carbons (Fsp3) is 0.562. The summed E-state index contributed by atoms with van der Waals surface area (Å²) in [6.45, 7) is 1.43. The van der Waals surface area contributed by atoms with E-state index in [0.29, 0.717) is 31.7 Å². The number of hydrogen-bond acceptors (Lipinski definition) is 3. The van der Waals surface area contributed by atoms with Crippen LogP contribution in [0.5, 0.6) is 5.75 Å². The van der Waals surface area contributed by atoms with Crippen molar-refractivity contribution < 1.29 is 14.3 Å². The molecule has 20 heavy (non-hydrogen) atoms. The van der Waals surface area contributed by atoms with Crippen molar-refractivity contribution in [3.63, 3.8) is 0 Å². The highest BCUT2D eigenvalue weighted by molar-refractivity contribution is 5.77. The monoisotopic (exact) mass is 275 g/mol. The Bertz CT molecular complexity index is 455. The summed E-state index contributed by atoms with van der Waals surface area (Å²) in [5, 5.41) is 0. The standard InChI is InChI=1S/C16H21NO3/c1-19-15-7-2-12(3-8-15)4-9-16(18)17-13-5-6-14(17)11-20-10-13/h2-3,7-8,13-14H,4-6,9-11H2,1H3/t13-,14+. The molecule has 108 valence electrons. The van der Waals surface area contributed by atoms with Crippen molar-refractivity contribution >= 4 is 5.91 Å². The minimum atomic E-state index is 0.275. The maximum atomic E-state index is 12.4. The topological polar surface area (TPSA) is 38.8 Å². The molecule has 1 aromatic rings. The van der Waals surface area contributed by atoms with Crippen molar-refractivity contribution in [2.24, 2.45) is 0 Å². The lowest BCUT2D eigenvalue weighted by atomic mass is 10.1. The van der Waals surface area contributed by atoms with Crippen molar-refractivity contribution in [1.82, 2.24) is 4.90 Å². The predicted molar refractivity (Wildman–Crippen MR) is 75.8 cm³/mol. The highest BCUT2D eigenvalue weighted by Gasteiger charge is 2.39. The van der Waals surface area contributed by atoms with Gasteiger partial charge in [0.2, 0.25) is 5.91 Å². The van der Waals surface area contributed by atoms with Crippen molar-refractivity contribution in [2.45, 2.75) is 37.8 Å². The molecule has 2 fully saturated rings. The van der Waals surface area contributed by atoms with Gasteiger partial charge in [0.05, 0.1) is 32.4 Å². The van der Waals surface area contributed by atoms with Gasteiger partial charge in [0.1, 0.15) is 5.75 Å². The Morgan fingerprint density at radius 1 is 1.25 bits per heavy atom. The molecule has 2 bridgehead atoms. The molecule has 0 aliphatic carbocycles. The number of morpholine rings is 1. The quantitative estimate of drug-likeness (QED) is 0.844. The molecule has 3 rings (SSSR count). The highest BCUT2D eigenvalue weighted by atomic mass is 16.5. The first-order valence-electron chi connectivity index (χ1n) is 7.30. The Kier molecular flexibility index (Phi) is 3.92. The number of carbonyl (C=O) groups is 1. The number of ether oxygens (including phenoxy) is 2. The summed E-state index contributed by atoms with van der Waals surface area (Å²) in [6, 6.07) is 8.57. The average molecular weight is 275 g/mol. The normalized spacial score (nSPS) is 24.8. The Labute approximate surface area is 119 Å². The van der Waals surface area contributed by atoms with E-state index in [0.717, 1.165) is 25.0 Å². The van der Waals surface area contributed by atoms with E-state index in [-0.39, 0.29) is 5.91 Å². The Morgan fingerprint density at radius 2 is 1.90 bits per heavy atom. The highest BCUT2D eigenvalue weighted by Crippen LogP contribution is 2.29. The molecule has 0 radical (unpaired) electrons. The number of benzene rings is 1. The van der Waals surface area contributed by atoms with Gasteiger partial charge in [-0.25, -0.2) is 0 Å². The molecule has 2 aliphatic rings. The third-order valence-electron chi connectivity index (χ3n) is 4.31. The number of aryl methyl sites for hydroxylation is 1. The van der Waals surface area contributed by atoms with Gasteiger partial charge < -0.3 is 14.4 Å². The van der Waals surface area contributed by atoms with Crippen LogP contribution in [0.2, 0.25) is 0 Å². The lowest BCUT2D eigenvalue weighted by Gasteiger charge is -2.34. The van der Waals surface area contributed by atoms with Crippen LogP contribution in [0.25, 0.3) is 0 Å². The second-order valence-corrected chi connectivity index (χ2v) is 5.57. The molecule has 0 unspecified atom stereocenters. The SMILES string of the molecule is COc1ccc(CCC(=O)N2[C@@H]3CC[C@H]2COC3)cc1. The van der Waals surface area contributed by atoms with Crippen LogP contribution >= 0.6 is 0 Å². The number of rotatable bonds is 4. The molecule has 1 aromatic carbocycles. The molecule has 2 aliphatic heterocycles. The van der Waals surface area contributed by atoms with E-state index in [4.69, 9.17) is 9.47 Å². The van der Waals surface area contributed by atoms with Gasteiger partial charge in [0, 0.05) is 6.42 Å². The zero-order valence-electron chi connectivity index (χ0n) is 11.9. The fourth-order valence-corrected chi connectivity index (χ4v) is 3.21. The van der Waals surface area contributed by atoms with Gasteiger partial charge in [-0.3, -0.25) is 4.79 Å². The third kappa shape index (κ3) is 2.66. The summed E-state index contributed by atoms with van der Waals surface area (Å²) in [5.74, 6) is 1.13. The number of nitrogens with zero attached hydrogens (tertiary/aromatic N) is 1. The van der Waals surface area contributed by atoms with Crippen LogP contribution in [0, 0.1) is 0 Å². The van der Waals surface area contributed by atoms with E-state index in [1.807, 2.05) is 24.3 Å². The number of fused-ring (bicyclic) bond motifs is 2. The van der Waals surface area contributed by atoms with Crippen LogP contribution < -0.4 is 4.74 Å². The maximum Gasteiger partial charge on any atom is 0.223 e. The smallest absolute Gasteiger partial charge is 0.223 e. The Balaban J connectivity index is 1.56. The molecule has 0 saturated carbocycles. The Morgan fingerprint density at radius 3 is 2.50 bits per heavy atom. The summed E-state index contributed by atoms with van der Waals surface area (Å²) in [5.41, 5.74) is 1.18. The van der Waals surface area contributed by atoms with Gasteiger partial charge in [-0.1, -0.05) is 12.1 Å². The van der Waals surface area contributed by atoms with Crippen LogP contribution in [0.4, 0.5) is 0 Å². The van der Waals surface area contributed by atoms with Gasteiger partial charge in [0.15, 0.2) is 0 Å². The minimum absolute atomic E-state index is 0.275. The van der Waals surface area contributed by atoms with E-state index < -0.39 is 0 Å². The molecule has 1 amide bonds. The molecule has 0 aromatic heterocycles. The first-order valence-corrected chi connectivity index (χ1v) is 7.30. The summed E-state index contributed by atoms with van der Waals surface area (Å²) >= 11 is 0. The fourth-order valence-electron chi connectivity index (χ4n) is 3.21. The third-order valence-corrected chi connectivity index (χ3v) is 4.31. The largest absolute Gasteiger partial charge is 0.497 e. The molecular formula is C16H21NO3. The summed E-state index contributed by atoms with van der Waals surface area (Å²) in [7, 11) is 1.66. The second-order valence-electron chi connectivity index (χ2n) is 5.57. The molecule has 0 spiro atoms. The van der Waals surface area contributed by atoms with E-state index in [2.05, 4.69) is 4.90 Å². The molecule has 2 heterocycles. The number of carbonyl (C=O) groups excluding carboxylic acids is 1. The number of hydrogen-bond donors (Lipinski definition) is 0. The first kappa shape index (κ1) is 13.4. The molecular weight excluding hydrogens is 254 g/mol. The van der Waals surface area contributed by atoms with Crippen LogP contribution in [0.1, 0.15) is 24.8 Å². The maximum absolute atomic E-state index is 12.4. The molecule has 4 nitrogen and oxygen atoms in total. The van der Waals surface area contributed by atoms with Crippen LogP contribution in [0.3, 0.4) is 0 Å².